The average Bonchev–Trinajstić information content (AvgIpc) is 3.35. The normalized spacial score (nSPS) is 13.1. The van der Waals surface area contributed by atoms with E-state index in [1.807, 2.05) is 6.20 Å². The van der Waals surface area contributed by atoms with Crippen LogP contribution in [0.2, 0.25) is 0 Å². The Morgan fingerprint density at radius 2 is 1.32 bits per heavy atom. The van der Waals surface area contributed by atoms with Gasteiger partial charge in [-0.25, -0.2) is 4.98 Å². The largest absolute Gasteiger partial charge is 0.245 e. The molecule has 0 radical (unpaired) electrons. The van der Waals surface area contributed by atoms with Crippen LogP contribution < -0.4 is 0 Å². The number of hydrogen-bond acceptors (Lipinski definition) is 2. The smallest absolute Gasteiger partial charge is 0.124 e. The van der Waals surface area contributed by atoms with Gasteiger partial charge in [0.05, 0.1) is 0 Å². The zero-order chi connectivity index (χ0) is 24.3. The Hall–Kier alpha value is -4.27. The van der Waals surface area contributed by atoms with Crippen LogP contribution in [0, 0.1) is 0 Å². The van der Waals surface area contributed by atoms with Crippen molar-refractivity contribution >= 4 is 59.3 Å². The second kappa shape index (κ2) is 8.12. The lowest BCUT2D eigenvalue weighted by Gasteiger charge is -2.18. The molecule has 1 nitrogen and oxygen atoms in total. The summed E-state index contributed by atoms with van der Waals surface area (Å²) in [5.41, 5.74) is 7.72. The topological polar surface area (TPSA) is 12.9 Å². The van der Waals surface area contributed by atoms with Crippen molar-refractivity contribution in [3.8, 4) is 22.3 Å². The highest BCUT2D eigenvalue weighted by Gasteiger charge is 2.15. The van der Waals surface area contributed by atoms with Gasteiger partial charge in [0.2, 0.25) is 0 Å². The van der Waals surface area contributed by atoms with Crippen LogP contribution in [0.1, 0.15) is 17.5 Å². The summed E-state index contributed by atoms with van der Waals surface area (Å²) in [5.74, 6) is 0. The first-order valence-corrected chi connectivity index (χ1v) is 13.7. The Bertz CT molecular complexity index is 2040. The van der Waals surface area contributed by atoms with Crippen molar-refractivity contribution in [2.75, 3.05) is 0 Å². The number of aromatic nitrogens is 1. The van der Waals surface area contributed by atoms with Crippen molar-refractivity contribution < 1.29 is 0 Å². The van der Waals surface area contributed by atoms with E-state index in [1.165, 1.54) is 64.8 Å². The molecule has 8 rings (SSSR count). The Balaban J connectivity index is 1.29. The first-order valence-electron chi connectivity index (χ1n) is 12.9. The molecule has 1 aliphatic carbocycles. The molecule has 0 fully saturated rings. The molecule has 0 aliphatic heterocycles. The van der Waals surface area contributed by atoms with Crippen LogP contribution in [0.3, 0.4) is 0 Å². The molecule has 0 saturated carbocycles. The van der Waals surface area contributed by atoms with Gasteiger partial charge in [0.25, 0.3) is 0 Å². The number of aryl methyl sites for hydroxylation is 1. The molecule has 0 bridgehead atoms. The van der Waals surface area contributed by atoms with E-state index in [2.05, 4.69) is 109 Å². The van der Waals surface area contributed by atoms with E-state index in [-0.39, 0.29) is 0 Å². The zero-order valence-corrected chi connectivity index (χ0v) is 21.1. The molecule has 1 aliphatic rings. The SMILES string of the molecule is C1=Cc2c(c3ccc(-c4cccc(-c5cnc6sc7ccccc7c6c5)c4)cc3c3ccccc23)CC1. The first-order chi connectivity index (χ1) is 18.3. The third-order valence-corrected chi connectivity index (χ3v) is 8.88. The van der Waals surface area contributed by atoms with Crippen molar-refractivity contribution in [3.63, 3.8) is 0 Å². The fourth-order valence-corrected chi connectivity index (χ4v) is 7.03. The van der Waals surface area contributed by atoms with E-state index in [0.29, 0.717) is 0 Å². The predicted molar refractivity (Wildman–Crippen MR) is 160 cm³/mol. The molecule has 0 atom stereocenters. The van der Waals surface area contributed by atoms with Gasteiger partial charge >= 0.3 is 0 Å². The number of fused-ring (bicyclic) bond motifs is 9. The number of hydrogen-bond donors (Lipinski definition) is 0. The number of allylic oxidation sites excluding steroid dienone is 1. The summed E-state index contributed by atoms with van der Waals surface area (Å²) < 4.78 is 1.29. The molecule has 2 aromatic heterocycles. The van der Waals surface area contributed by atoms with Gasteiger partial charge in [-0.2, -0.15) is 0 Å². The summed E-state index contributed by atoms with van der Waals surface area (Å²) in [6.07, 6.45) is 8.87. The fraction of sp³-hybridized carbons (Fsp3) is 0.0571. The van der Waals surface area contributed by atoms with Gasteiger partial charge < -0.3 is 0 Å². The molecule has 2 heteroatoms. The zero-order valence-electron chi connectivity index (χ0n) is 20.2. The molecule has 7 aromatic rings. The van der Waals surface area contributed by atoms with Gasteiger partial charge in [0, 0.05) is 27.2 Å². The number of rotatable bonds is 2. The Kier molecular flexibility index (Phi) is 4.58. The fourth-order valence-electron chi connectivity index (χ4n) is 6.00. The maximum absolute atomic E-state index is 4.83. The van der Waals surface area contributed by atoms with Crippen LogP contribution in [-0.4, -0.2) is 4.98 Å². The molecule has 0 unspecified atom stereocenters. The second-order valence-corrected chi connectivity index (χ2v) is 10.9. The van der Waals surface area contributed by atoms with Crippen LogP contribution in [-0.2, 0) is 6.42 Å². The molecule has 2 heterocycles. The van der Waals surface area contributed by atoms with E-state index in [0.717, 1.165) is 23.2 Å². The van der Waals surface area contributed by atoms with Crippen LogP contribution in [0.15, 0.2) is 109 Å². The van der Waals surface area contributed by atoms with Crippen LogP contribution in [0.4, 0.5) is 0 Å². The summed E-state index contributed by atoms with van der Waals surface area (Å²) in [6, 6.07) is 35.7. The van der Waals surface area contributed by atoms with Gasteiger partial charge in [-0.3, -0.25) is 0 Å². The minimum Gasteiger partial charge on any atom is -0.245 e. The molecular formula is C35H23NS. The molecule has 0 saturated heterocycles. The van der Waals surface area contributed by atoms with Crippen molar-refractivity contribution in [3.05, 3.63) is 120 Å². The number of nitrogens with zero attached hydrogens (tertiary/aromatic N) is 1. The standard InChI is InChI=1S/C35H23NS/c1-2-12-28-26(10-1)27-11-3-4-13-29(27)32-19-24(16-17-30(28)32)22-8-7-9-23(18-22)25-20-33-31-14-5-6-15-34(31)37-35(33)36-21-25/h1,3-11,13-21H,2,12H2. The van der Waals surface area contributed by atoms with Crippen LogP contribution in [0.25, 0.3) is 70.2 Å². The first kappa shape index (κ1) is 20.9. The highest BCUT2D eigenvalue weighted by atomic mass is 32.1. The van der Waals surface area contributed by atoms with E-state index >= 15 is 0 Å². The molecule has 174 valence electrons. The van der Waals surface area contributed by atoms with Gasteiger partial charge in [-0.15, -0.1) is 11.3 Å². The van der Waals surface area contributed by atoms with Gasteiger partial charge in [-0.1, -0.05) is 84.9 Å². The van der Waals surface area contributed by atoms with Crippen LogP contribution >= 0.6 is 11.3 Å². The number of thiophene rings is 1. The van der Waals surface area contributed by atoms with E-state index in [4.69, 9.17) is 4.98 Å². The van der Waals surface area contributed by atoms with E-state index < -0.39 is 0 Å². The molecule has 37 heavy (non-hydrogen) atoms. The van der Waals surface area contributed by atoms with Crippen molar-refractivity contribution in [2.45, 2.75) is 12.8 Å². The maximum atomic E-state index is 4.83. The summed E-state index contributed by atoms with van der Waals surface area (Å²) in [5, 5.41) is 7.94. The van der Waals surface area contributed by atoms with Crippen LogP contribution in [0.5, 0.6) is 0 Å². The molecule has 0 spiro atoms. The third-order valence-electron chi connectivity index (χ3n) is 7.79. The minimum absolute atomic E-state index is 1.10. The summed E-state index contributed by atoms with van der Waals surface area (Å²) in [7, 11) is 0. The lowest BCUT2D eigenvalue weighted by atomic mass is 9.85. The molecule has 0 amide bonds. The van der Waals surface area contributed by atoms with Crippen molar-refractivity contribution in [1.82, 2.24) is 4.98 Å². The van der Waals surface area contributed by atoms with Crippen molar-refractivity contribution in [2.24, 2.45) is 0 Å². The molecule has 5 aromatic carbocycles. The number of pyridine rings is 1. The lowest BCUT2D eigenvalue weighted by molar-refractivity contribution is 1.00. The minimum atomic E-state index is 1.10. The van der Waals surface area contributed by atoms with Crippen molar-refractivity contribution in [1.29, 1.82) is 0 Å². The Labute approximate surface area is 219 Å². The van der Waals surface area contributed by atoms with E-state index in [9.17, 15) is 0 Å². The highest BCUT2D eigenvalue weighted by molar-refractivity contribution is 7.25. The highest BCUT2D eigenvalue weighted by Crippen LogP contribution is 2.39. The summed E-state index contributed by atoms with van der Waals surface area (Å²) in [4.78, 5) is 5.92. The second-order valence-electron chi connectivity index (χ2n) is 9.89. The van der Waals surface area contributed by atoms with E-state index in [1.54, 1.807) is 11.3 Å². The predicted octanol–water partition coefficient (Wildman–Crippen LogP) is 10.0. The summed E-state index contributed by atoms with van der Waals surface area (Å²) >= 11 is 1.76. The summed E-state index contributed by atoms with van der Waals surface area (Å²) in [6.45, 7) is 0. The average molecular weight is 490 g/mol. The maximum Gasteiger partial charge on any atom is 0.124 e. The Morgan fingerprint density at radius 1 is 0.568 bits per heavy atom. The Morgan fingerprint density at radius 3 is 2.24 bits per heavy atom. The van der Waals surface area contributed by atoms with Gasteiger partial charge in [0.1, 0.15) is 4.83 Å². The third kappa shape index (κ3) is 3.26. The van der Waals surface area contributed by atoms with Gasteiger partial charge in [-0.05, 0) is 86.5 Å². The quantitative estimate of drug-likeness (QED) is 0.220. The monoisotopic (exact) mass is 489 g/mol. The lowest BCUT2D eigenvalue weighted by Crippen LogP contribution is -1.98. The molecular weight excluding hydrogens is 466 g/mol. The van der Waals surface area contributed by atoms with Gasteiger partial charge in [0.15, 0.2) is 0 Å². The number of benzene rings is 5. The molecule has 0 N–H and O–H groups in total.